The minimum Gasteiger partial charge on any atom is -0.346 e. The third-order valence-corrected chi connectivity index (χ3v) is 7.37. The lowest BCUT2D eigenvalue weighted by atomic mass is 9.89. The molecule has 0 spiro atoms. The number of nitrogens with one attached hydrogen (secondary N) is 2. The second kappa shape index (κ2) is 6.76. The fraction of sp³-hybridized carbons (Fsp3) is 0.200. The molecule has 9 nitrogen and oxygen atoms in total. The molecule has 1 fully saturated rings. The van der Waals surface area contributed by atoms with Crippen LogP contribution in [0.2, 0.25) is 0 Å². The first kappa shape index (κ1) is 18.5. The monoisotopic (exact) mass is 418 g/mol. The maximum Gasteiger partial charge on any atom is 0.141 e. The molecule has 30 heavy (non-hydrogen) atoms. The van der Waals surface area contributed by atoms with Crippen molar-refractivity contribution in [1.29, 1.82) is 10.0 Å². The van der Waals surface area contributed by atoms with E-state index in [1.807, 2.05) is 24.5 Å². The number of nitriles is 1. The molecule has 0 saturated carbocycles. The molecule has 1 saturated heterocycles. The third-order valence-electron chi connectivity index (χ3n) is 5.47. The Morgan fingerprint density at radius 3 is 2.80 bits per heavy atom. The van der Waals surface area contributed by atoms with Crippen LogP contribution in [0.3, 0.4) is 0 Å². The Morgan fingerprint density at radius 1 is 1.23 bits per heavy atom. The van der Waals surface area contributed by atoms with Gasteiger partial charge in [-0.2, -0.15) is 10.4 Å². The predicted molar refractivity (Wildman–Crippen MR) is 110 cm³/mol. The van der Waals surface area contributed by atoms with Crippen molar-refractivity contribution in [3.05, 3.63) is 61.3 Å². The van der Waals surface area contributed by atoms with Crippen LogP contribution in [-0.2, 0) is 15.5 Å². The zero-order valence-corrected chi connectivity index (χ0v) is 16.7. The minimum absolute atomic E-state index is 0.207. The van der Waals surface area contributed by atoms with E-state index in [1.165, 1.54) is 6.33 Å². The van der Waals surface area contributed by atoms with Crippen LogP contribution in [0.25, 0.3) is 22.3 Å². The van der Waals surface area contributed by atoms with Crippen LogP contribution in [0, 0.1) is 16.1 Å². The van der Waals surface area contributed by atoms with Crippen LogP contribution in [-0.4, -0.2) is 46.3 Å². The Kier molecular flexibility index (Phi) is 4.16. The highest BCUT2D eigenvalue weighted by Crippen LogP contribution is 2.37. The summed E-state index contributed by atoms with van der Waals surface area (Å²) in [4.78, 5) is 12.1. The first-order chi connectivity index (χ1) is 14.5. The number of aromatic nitrogens is 5. The smallest absolute Gasteiger partial charge is 0.141 e. The normalized spacial score (nSPS) is 17.8. The highest BCUT2D eigenvalue weighted by atomic mass is 32.2. The molecule has 10 heteroatoms. The summed E-state index contributed by atoms with van der Waals surface area (Å²) in [7, 11) is -3.11. The van der Waals surface area contributed by atoms with E-state index in [4.69, 9.17) is 4.78 Å². The molecule has 0 bridgehead atoms. The molecule has 1 aliphatic heterocycles. The molecule has 0 aliphatic carbocycles. The highest BCUT2D eigenvalue weighted by molar-refractivity contribution is 7.90. The SMILES string of the molecule is N#CCC1(n2cc(-c3ncnc4[nH]ccc34)cn2)CN(S(=N)(=O)c2ccccc2)C1. The quantitative estimate of drug-likeness (QED) is 0.515. The Balaban J connectivity index is 1.46. The van der Waals surface area contributed by atoms with E-state index in [2.05, 4.69) is 26.1 Å². The lowest BCUT2D eigenvalue weighted by Crippen LogP contribution is -2.63. The van der Waals surface area contributed by atoms with E-state index in [1.54, 1.807) is 39.4 Å². The molecular formula is C20H18N8OS. The topological polar surface area (TPSA) is 127 Å². The van der Waals surface area contributed by atoms with Gasteiger partial charge in [-0.15, -0.1) is 0 Å². The molecule has 2 N–H and O–H groups in total. The van der Waals surface area contributed by atoms with Gasteiger partial charge in [-0.25, -0.2) is 23.3 Å². The van der Waals surface area contributed by atoms with Crippen LogP contribution in [0.15, 0.2) is 66.2 Å². The number of benzene rings is 1. The van der Waals surface area contributed by atoms with Crippen LogP contribution < -0.4 is 0 Å². The summed E-state index contributed by atoms with van der Waals surface area (Å²) in [6.07, 6.45) is 7.08. The summed E-state index contributed by atoms with van der Waals surface area (Å²) in [5.74, 6) is 0. The second-order valence-corrected chi connectivity index (χ2v) is 9.37. The summed E-state index contributed by atoms with van der Waals surface area (Å²) in [5.41, 5.74) is 1.68. The zero-order chi connectivity index (χ0) is 20.8. The summed E-state index contributed by atoms with van der Waals surface area (Å²) in [5, 5.41) is 14.8. The zero-order valence-electron chi connectivity index (χ0n) is 15.9. The van der Waals surface area contributed by atoms with Crippen molar-refractivity contribution in [1.82, 2.24) is 29.0 Å². The molecule has 1 aromatic carbocycles. The average Bonchev–Trinajstić information content (AvgIpc) is 3.40. The second-order valence-electron chi connectivity index (χ2n) is 7.33. The standard InChI is InChI=1S/C20H18N8OS/c21-8-7-20(12-27(13-20)30(22,29)16-4-2-1-3-5-16)28-11-15(10-26-28)18-17-6-9-23-19(17)25-14-24-18/h1-6,9-11,14,22H,7,12-13H2,(H,23,24,25). The maximum atomic E-state index is 13.1. The van der Waals surface area contributed by atoms with E-state index in [0.29, 0.717) is 18.0 Å². The van der Waals surface area contributed by atoms with Gasteiger partial charge in [0.05, 0.1) is 29.3 Å². The highest BCUT2D eigenvalue weighted by Gasteiger charge is 2.49. The Bertz CT molecular complexity index is 1360. The van der Waals surface area contributed by atoms with Gasteiger partial charge >= 0.3 is 0 Å². The molecule has 3 aromatic heterocycles. The molecular weight excluding hydrogens is 400 g/mol. The summed E-state index contributed by atoms with van der Waals surface area (Å²) in [6.45, 7) is 0.616. The Labute approximate surface area is 173 Å². The lowest BCUT2D eigenvalue weighted by Gasteiger charge is -2.48. The fourth-order valence-electron chi connectivity index (χ4n) is 3.84. The largest absolute Gasteiger partial charge is 0.346 e. The maximum absolute atomic E-state index is 13.1. The van der Waals surface area contributed by atoms with Gasteiger partial charge in [-0.05, 0) is 18.2 Å². The van der Waals surface area contributed by atoms with Crippen molar-refractivity contribution >= 4 is 20.9 Å². The van der Waals surface area contributed by atoms with Crippen molar-refractivity contribution in [3.8, 4) is 17.3 Å². The van der Waals surface area contributed by atoms with E-state index >= 15 is 0 Å². The van der Waals surface area contributed by atoms with Gasteiger partial charge in [0.2, 0.25) is 0 Å². The molecule has 1 atom stereocenters. The van der Waals surface area contributed by atoms with Gasteiger partial charge in [0.1, 0.15) is 27.4 Å². The van der Waals surface area contributed by atoms with Crippen molar-refractivity contribution in [2.75, 3.05) is 13.1 Å². The first-order valence-electron chi connectivity index (χ1n) is 9.33. The number of nitrogens with zero attached hydrogens (tertiary/aromatic N) is 6. The lowest BCUT2D eigenvalue weighted by molar-refractivity contribution is 0.0746. The summed E-state index contributed by atoms with van der Waals surface area (Å²) < 4.78 is 24.9. The number of fused-ring (bicyclic) bond motifs is 1. The predicted octanol–water partition coefficient (Wildman–Crippen LogP) is 2.77. The fourth-order valence-corrected chi connectivity index (χ4v) is 5.51. The Hall–Kier alpha value is -3.55. The molecule has 1 aliphatic rings. The van der Waals surface area contributed by atoms with Gasteiger partial charge in [0, 0.05) is 36.4 Å². The van der Waals surface area contributed by atoms with Crippen molar-refractivity contribution in [3.63, 3.8) is 0 Å². The minimum atomic E-state index is -3.11. The number of aromatic amines is 1. The van der Waals surface area contributed by atoms with Crippen LogP contribution in [0.1, 0.15) is 6.42 Å². The van der Waals surface area contributed by atoms with Crippen molar-refractivity contribution < 1.29 is 4.21 Å². The molecule has 5 rings (SSSR count). The first-order valence-corrected chi connectivity index (χ1v) is 10.8. The Morgan fingerprint density at radius 2 is 2.03 bits per heavy atom. The number of hydrogen-bond acceptors (Lipinski definition) is 6. The number of rotatable bonds is 5. The molecule has 4 heterocycles. The number of hydrogen-bond donors (Lipinski definition) is 2. The van der Waals surface area contributed by atoms with Gasteiger partial charge in [-0.3, -0.25) is 4.68 Å². The van der Waals surface area contributed by atoms with E-state index < -0.39 is 15.5 Å². The van der Waals surface area contributed by atoms with Crippen LogP contribution >= 0.6 is 0 Å². The van der Waals surface area contributed by atoms with Crippen LogP contribution in [0.4, 0.5) is 0 Å². The van der Waals surface area contributed by atoms with Gasteiger partial charge < -0.3 is 4.98 Å². The molecule has 0 amide bonds. The van der Waals surface area contributed by atoms with Gasteiger partial charge in [0.25, 0.3) is 0 Å². The van der Waals surface area contributed by atoms with Gasteiger partial charge in [-0.1, -0.05) is 18.2 Å². The number of H-pyrrole nitrogens is 1. The van der Waals surface area contributed by atoms with Gasteiger partial charge in [0.15, 0.2) is 0 Å². The van der Waals surface area contributed by atoms with Crippen LogP contribution in [0.5, 0.6) is 0 Å². The average molecular weight is 418 g/mol. The summed E-state index contributed by atoms with van der Waals surface area (Å²) in [6, 6.07) is 12.9. The molecule has 0 radical (unpaired) electrons. The van der Waals surface area contributed by atoms with Crippen molar-refractivity contribution in [2.45, 2.75) is 16.9 Å². The molecule has 150 valence electrons. The molecule has 1 unspecified atom stereocenters. The van der Waals surface area contributed by atoms with E-state index in [-0.39, 0.29) is 6.42 Å². The van der Waals surface area contributed by atoms with Crippen molar-refractivity contribution in [2.24, 2.45) is 0 Å². The van der Waals surface area contributed by atoms with E-state index in [0.717, 1.165) is 22.3 Å². The summed E-state index contributed by atoms with van der Waals surface area (Å²) >= 11 is 0. The molecule has 4 aromatic rings. The third kappa shape index (κ3) is 2.79. The van der Waals surface area contributed by atoms with E-state index in [9.17, 15) is 9.47 Å².